The number of methoxy groups -OCH3 is 1. The number of esters is 1. The van der Waals surface area contributed by atoms with Crippen molar-refractivity contribution in [3.05, 3.63) is 29.8 Å². The van der Waals surface area contributed by atoms with Crippen molar-refractivity contribution in [2.24, 2.45) is 0 Å². The largest absolute Gasteiger partial charge is 0.431 e. The van der Waals surface area contributed by atoms with Crippen molar-refractivity contribution in [3.8, 4) is 5.75 Å². The molecule has 1 aromatic rings. The Morgan fingerprint density at radius 2 is 1.56 bits per heavy atom. The van der Waals surface area contributed by atoms with Crippen LogP contribution in [-0.4, -0.2) is 31.1 Å². The predicted octanol–water partition coefficient (Wildman–Crippen LogP) is 4.70. The summed E-state index contributed by atoms with van der Waals surface area (Å²) in [4.78, 5) is 10.9. The van der Waals surface area contributed by atoms with Gasteiger partial charge in [0.1, 0.15) is 5.75 Å². The van der Waals surface area contributed by atoms with Crippen LogP contribution in [0.5, 0.6) is 5.75 Å². The molecule has 0 aliphatic rings. The lowest BCUT2D eigenvalue weighted by atomic mass is 9.83. The Labute approximate surface area is 138 Å². The number of benzene rings is 1. The van der Waals surface area contributed by atoms with Crippen molar-refractivity contribution in [2.45, 2.75) is 43.9 Å². The summed E-state index contributed by atoms with van der Waals surface area (Å²) < 4.78 is 100. The first-order chi connectivity index (χ1) is 11.2. The highest BCUT2D eigenvalue weighted by molar-refractivity contribution is 5.69. The molecular weight excluding hydrogens is 361 g/mol. The summed E-state index contributed by atoms with van der Waals surface area (Å²) >= 11 is 0. The minimum Gasteiger partial charge on any atom is -0.427 e. The fraction of sp³-hybridized carbons (Fsp3) is 0.533. The number of alkyl halides is 7. The lowest BCUT2D eigenvalue weighted by Gasteiger charge is -2.38. The minimum absolute atomic E-state index is 0.128. The quantitative estimate of drug-likeness (QED) is 0.425. The summed E-state index contributed by atoms with van der Waals surface area (Å²) in [6, 6.07) is 4.64. The lowest BCUT2D eigenvalue weighted by molar-refractivity contribution is -0.353. The van der Waals surface area contributed by atoms with Crippen molar-refractivity contribution in [2.75, 3.05) is 7.11 Å². The molecule has 25 heavy (non-hydrogen) atoms. The zero-order valence-electron chi connectivity index (χ0n) is 13.4. The molecule has 0 fully saturated rings. The molecule has 1 unspecified atom stereocenters. The molecule has 0 bridgehead atoms. The van der Waals surface area contributed by atoms with Gasteiger partial charge in [-0.15, -0.1) is 0 Å². The Balaban J connectivity index is 3.37. The normalized spacial score (nSPS) is 15.6. The van der Waals surface area contributed by atoms with E-state index in [0.717, 1.165) is 33.1 Å². The van der Waals surface area contributed by atoms with E-state index in [2.05, 4.69) is 0 Å². The van der Waals surface area contributed by atoms with Gasteiger partial charge in [0.05, 0.1) is 5.60 Å². The smallest absolute Gasteiger partial charge is 0.427 e. The van der Waals surface area contributed by atoms with Gasteiger partial charge in [-0.3, -0.25) is 4.79 Å². The molecular formula is C15H15F7O3. The van der Waals surface area contributed by atoms with Crippen molar-refractivity contribution < 1.29 is 45.0 Å². The molecule has 10 heteroatoms. The van der Waals surface area contributed by atoms with Crippen LogP contribution in [-0.2, 0) is 15.1 Å². The topological polar surface area (TPSA) is 35.5 Å². The van der Waals surface area contributed by atoms with Crippen LogP contribution in [0.25, 0.3) is 0 Å². The highest BCUT2D eigenvalue weighted by atomic mass is 19.4. The second kappa shape index (κ2) is 6.81. The van der Waals surface area contributed by atoms with Gasteiger partial charge < -0.3 is 9.47 Å². The molecule has 1 aromatic carbocycles. The van der Waals surface area contributed by atoms with Gasteiger partial charge in [-0.1, -0.05) is 12.1 Å². The molecule has 0 spiro atoms. The van der Waals surface area contributed by atoms with Gasteiger partial charge in [0, 0.05) is 20.5 Å². The van der Waals surface area contributed by atoms with E-state index in [1.54, 1.807) is 0 Å². The molecule has 0 N–H and O–H groups in total. The third kappa shape index (κ3) is 4.42. The van der Waals surface area contributed by atoms with Crippen LogP contribution in [0.3, 0.4) is 0 Å². The molecule has 0 amide bonds. The van der Waals surface area contributed by atoms with Crippen LogP contribution in [0, 0.1) is 0 Å². The first-order valence-corrected chi connectivity index (χ1v) is 6.83. The van der Waals surface area contributed by atoms with Gasteiger partial charge in [-0.2, -0.15) is 26.3 Å². The number of hydrogen-bond acceptors (Lipinski definition) is 3. The first-order valence-electron chi connectivity index (χ1n) is 6.83. The summed E-state index contributed by atoms with van der Waals surface area (Å²) in [6.07, 6.45) is -14.5. The van der Waals surface area contributed by atoms with Crippen LogP contribution >= 0.6 is 0 Å². The number of carbonyl (C=O) groups excluding carboxylic acids is 1. The van der Waals surface area contributed by atoms with Gasteiger partial charge >= 0.3 is 24.0 Å². The Bertz CT molecular complexity index is 610. The molecule has 0 radical (unpaired) electrons. The monoisotopic (exact) mass is 376 g/mol. The zero-order chi connectivity index (χ0) is 19.7. The van der Waals surface area contributed by atoms with E-state index in [1.165, 1.54) is 12.1 Å². The van der Waals surface area contributed by atoms with Gasteiger partial charge in [-0.25, -0.2) is 4.39 Å². The Morgan fingerprint density at radius 1 is 1.04 bits per heavy atom. The van der Waals surface area contributed by atoms with E-state index in [-0.39, 0.29) is 11.3 Å². The second-order valence-corrected chi connectivity index (χ2v) is 5.53. The number of carbonyl (C=O) groups is 1. The number of ether oxygens (including phenoxy) is 2. The van der Waals surface area contributed by atoms with Crippen LogP contribution in [0.15, 0.2) is 24.3 Å². The number of hydrogen-bond donors (Lipinski definition) is 0. The fourth-order valence-electron chi connectivity index (χ4n) is 2.17. The third-order valence-electron chi connectivity index (χ3n) is 3.64. The summed E-state index contributed by atoms with van der Waals surface area (Å²) in [5.74, 6) is -0.876. The minimum atomic E-state index is -6.20. The molecule has 0 saturated heterocycles. The summed E-state index contributed by atoms with van der Waals surface area (Å²) in [6.45, 7) is 1.94. The van der Waals surface area contributed by atoms with Crippen molar-refractivity contribution in [3.63, 3.8) is 0 Å². The summed E-state index contributed by atoms with van der Waals surface area (Å²) in [5, 5.41) is 0. The molecule has 3 nitrogen and oxygen atoms in total. The maximum absolute atomic E-state index is 14.1. The number of halogens is 7. The molecule has 1 rings (SSSR count). The maximum Gasteiger partial charge on any atom is 0.431 e. The van der Waals surface area contributed by atoms with Crippen molar-refractivity contribution in [1.29, 1.82) is 0 Å². The van der Waals surface area contributed by atoms with Gasteiger partial charge in [0.2, 0.25) is 0 Å². The number of rotatable bonds is 5. The van der Waals surface area contributed by atoms with Gasteiger partial charge in [0.15, 0.2) is 0 Å². The third-order valence-corrected chi connectivity index (χ3v) is 3.64. The molecule has 0 heterocycles. The fourth-order valence-corrected chi connectivity index (χ4v) is 2.17. The van der Waals surface area contributed by atoms with Crippen LogP contribution in [0.1, 0.15) is 25.8 Å². The average molecular weight is 376 g/mol. The van der Waals surface area contributed by atoms with E-state index >= 15 is 0 Å². The van der Waals surface area contributed by atoms with Crippen LogP contribution < -0.4 is 4.74 Å². The standard InChI is InChI=1S/C15H15F7O3/c1-9(23)25-11-6-4-5-10(7-11)12(2,24-3)8-13(16,14(17,18)19)15(20,21)22/h4-7H,8H2,1-3H3. The van der Waals surface area contributed by atoms with E-state index in [9.17, 15) is 35.5 Å². The predicted molar refractivity (Wildman–Crippen MR) is 72.7 cm³/mol. The Hall–Kier alpha value is -1.84. The van der Waals surface area contributed by atoms with Gasteiger partial charge in [0.25, 0.3) is 0 Å². The van der Waals surface area contributed by atoms with Crippen LogP contribution in [0.4, 0.5) is 30.7 Å². The summed E-state index contributed by atoms with van der Waals surface area (Å²) in [7, 11) is 0.853. The molecule has 1 atom stereocenters. The highest BCUT2D eigenvalue weighted by Crippen LogP contribution is 2.52. The van der Waals surface area contributed by atoms with E-state index in [1.807, 2.05) is 0 Å². The SMILES string of the molecule is COC(C)(CC(F)(C(F)(F)F)C(F)(F)F)c1cccc(OC(C)=O)c1. The van der Waals surface area contributed by atoms with E-state index < -0.39 is 36.0 Å². The second-order valence-electron chi connectivity index (χ2n) is 5.53. The first kappa shape index (κ1) is 21.2. The van der Waals surface area contributed by atoms with E-state index in [0.29, 0.717) is 0 Å². The maximum atomic E-state index is 14.1. The van der Waals surface area contributed by atoms with Gasteiger partial charge in [-0.05, 0) is 24.6 Å². The van der Waals surface area contributed by atoms with Crippen LogP contribution in [0.2, 0.25) is 0 Å². The Kier molecular flexibility index (Phi) is 5.78. The van der Waals surface area contributed by atoms with Crippen molar-refractivity contribution in [1.82, 2.24) is 0 Å². The Morgan fingerprint density at radius 3 is 1.96 bits per heavy atom. The average Bonchev–Trinajstić information content (AvgIpc) is 2.44. The molecule has 0 aliphatic carbocycles. The highest BCUT2D eigenvalue weighted by Gasteiger charge is 2.74. The van der Waals surface area contributed by atoms with Crippen molar-refractivity contribution >= 4 is 5.97 Å². The zero-order valence-corrected chi connectivity index (χ0v) is 13.4. The molecule has 0 aliphatic heterocycles. The van der Waals surface area contributed by atoms with E-state index in [4.69, 9.17) is 9.47 Å². The lowest BCUT2D eigenvalue weighted by Crippen LogP contribution is -2.56. The molecule has 0 saturated carbocycles. The molecule has 142 valence electrons. The molecule has 0 aromatic heterocycles. The summed E-state index contributed by atoms with van der Waals surface area (Å²) in [5.41, 5.74) is -8.00.